The van der Waals surface area contributed by atoms with E-state index in [-0.39, 0.29) is 17.5 Å². The lowest BCUT2D eigenvalue weighted by Gasteiger charge is -2.13. The molecule has 1 fully saturated rings. The topological polar surface area (TPSA) is 64.6 Å². The first kappa shape index (κ1) is 14.3. The highest BCUT2D eigenvalue weighted by Crippen LogP contribution is 2.20. The van der Waals surface area contributed by atoms with Gasteiger partial charge < -0.3 is 14.8 Å². The van der Waals surface area contributed by atoms with Crippen LogP contribution in [0, 0.1) is 5.82 Å². The number of rotatable bonds is 5. The quantitative estimate of drug-likeness (QED) is 0.834. The molecule has 0 bridgehead atoms. The van der Waals surface area contributed by atoms with E-state index in [1.54, 1.807) is 0 Å². The van der Waals surface area contributed by atoms with E-state index in [4.69, 9.17) is 9.47 Å². The first-order valence-electron chi connectivity index (χ1n) is 6.36. The second kappa shape index (κ2) is 5.90. The molecule has 0 saturated heterocycles. The summed E-state index contributed by atoms with van der Waals surface area (Å²) >= 11 is 0. The number of esters is 1. The first-order valence-corrected chi connectivity index (χ1v) is 6.36. The van der Waals surface area contributed by atoms with Gasteiger partial charge >= 0.3 is 5.97 Å². The third-order valence-corrected chi connectivity index (χ3v) is 2.97. The fourth-order valence-corrected chi connectivity index (χ4v) is 1.61. The van der Waals surface area contributed by atoms with Crippen molar-refractivity contribution in [1.29, 1.82) is 0 Å². The zero-order valence-electron chi connectivity index (χ0n) is 11.3. The highest BCUT2D eigenvalue weighted by atomic mass is 19.1. The van der Waals surface area contributed by atoms with Crippen LogP contribution in [-0.2, 0) is 9.53 Å². The van der Waals surface area contributed by atoms with Crippen molar-refractivity contribution in [3.63, 3.8) is 0 Å². The zero-order chi connectivity index (χ0) is 14.7. The molecular formula is C14H16FNO4. The van der Waals surface area contributed by atoms with Gasteiger partial charge in [-0.2, -0.15) is 0 Å². The number of halogens is 1. The summed E-state index contributed by atoms with van der Waals surface area (Å²) in [5.74, 6) is -1.68. The Kier molecular flexibility index (Phi) is 4.22. The Bertz CT molecular complexity index is 528. The van der Waals surface area contributed by atoms with Gasteiger partial charge in [0.15, 0.2) is 6.10 Å². The number of nitrogens with one attached hydrogen (secondary N) is 1. The molecule has 1 aliphatic rings. The van der Waals surface area contributed by atoms with Gasteiger partial charge in [-0.1, -0.05) is 0 Å². The van der Waals surface area contributed by atoms with Gasteiger partial charge in [0.05, 0.1) is 12.7 Å². The minimum atomic E-state index is -0.954. The SMILES string of the molecule is COc1ccc(C(=O)O[C@H](C)C(=O)NC2CC2)c(F)c1. The maximum Gasteiger partial charge on any atom is 0.341 e. The summed E-state index contributed by atoms with van der Waals surface area (Å²) in [4.78, 5) is 23.4. The van der Waals surface area contributed by atoms with E-state index in [1.807, 2.05) is 0 Å². The molecule has 0 aromatic heterocycles. The predicted molar refractivity (Wildman–Crippen MR) is 69.0 cm³/mol. The number of methoxy groups -OCH3 is 1. The van der Waals surface area contributed by atoms with Gasteiger partial charge in [-0.25, -0.2) is 9.18 Å². The van der Waals surface area contributed by atoms with Crippen LogP contribution in [0.4, 0.5) is 4.39 Å². The molecule has 1 atom stereocenters. The molecule has 0 spiro atoms. The average molecular weight is 281 g/mol. The van der Waals surface area contributed by atoms with Gasteiger partial charge in [-0.15, -0.1) is 0 Å². The third kappa shape index (κ3) is 3.46. The summed E-state index contributed by atoms with van der Waals surface area (Å²) in [6, 6.07) is 3.99. The van der Waals surface area contributed by atoms with Crippen molar-refractivity contribution in [2.24, 2.45) is 0 Å². The number of hydrogen-bond acceptors (Lipinski definition) is 4. The van der Waals surface area contributed by atoms with Crippen molar-refractivity contribution in [1.82, 2.24) is 5.32 Å². The molecule has 5 nitrogen and oxygen atoms in total. The molecule has 0 heterocycles. The maximum atomic E-state index is 13.7. The van der Waals surface area contributed by atoms with Crippen LogP contribution in [0.3, 0.4) is 0 Å². The van der Waals surface area contributed by atoms with Gasteiger partial charge in [-0.3, -0.25) is 4.79 Å². The van der Waals surface area contributed by atoms with Gasteiger partial charge in [0, 0.05) is 12.1 Å². The Balaban J connectivity index is 1.98. The summed E-state index contributed by atoms with van der Waals surface area (Å²) in [6.07, 6.45) is 0.934. The number of ether oxygens (including phenoxy) is 2. The minimum Gasteiger partial charge on any atom is -0.497 e. The Morgan fingerprint density at radius 3 is 2.65 bits per heavy atom. The predicted octanol–water partition coefficient (Wildman–Crippen LogP) is 1.66. The Labute approximate surface area is 116 Å². The van der Waals surface area contributed by atoms with Crippen LogP contribution >= 0.6 is 0 Å². The molecular weight excluding hydrogens is 265 g/mol. The van der Waals surface area contributed by atoms with E-state index in [2.05, 4.69) is 5.32 Å². The Hall–Kier alpha value is -2.11. The summed E-state index contributed by atoms with van der Waals surface area (Å²) < 4.78 is 23.5. The lowest BCUT2D eigenvalue weighted by Crippen LogP contribution is -2.37. The number of amides is 1. The van der Waals surface area contributed by atoms with E-state index in [9.17, 15) is 14.0 Å². The van der Waals surface area contributed by atoms with E-state index in [1.165, 1.54) is 26.2 Å². The van der Waals surface area contributed by atoms with Crippen LogP contribution in [0.25, 0.3) is 0 Å². The molecule has 1 aromatic carbocycles. The van der Waals surface area contributed by atoms with Gasteiger partial charge in [0.2, 0.25) is 0 Å². The molecule has 108 valence electrons. The van der Waals surface area contributed by atoms with E-state index in [0.29, 0.717) is 5.75 Å². The largest absolute Gasteiger partial charge is 0.497 e. The summed E-state index contributed by atoms with van der Waals surface area (Å²) in [5, 5.41) is 2.71. The molecule has 1 aromatic rings. The van der Waals surface area contributed by atoms with Gasteiger partial charge in [0.25, 0.3) is 5.91 Å². The average Bonchev–Trinajstić information content (AvgIpc) is 3.22. The summed E-state index contributed by atoms with van der Waals surface area (Å²) in [7, 11) is 1.40. The second-order valence-electron chi connectivity index (χ2n) is 4.68. The van der Waals surface area contributed by atoms with Gasteiger partial charge in [0.1, 0.15) is 11.6 Å². The van der Waals surface area contributed by atoms with E-state index in [0.717, 1.165) is 18.9 Å². The first-order chi connectivity index (χ1) is 9.51. The molecule has 0 aliphatic heterocycles. The molecule has 2 rings (SSSR count). The molecule has 1 amide bonds. The lowest BCUT2D eigenvalue weighted by atomic mass is 10.2. The maximum absolute atomic E-state index is 13.7. The third-order valence-electron chi connectivity index (χ3n) is 2.97. The molecule has 1 saturated carbocycles. The van der Waals surface area contributed by atoms with Crippen molar-refractivity contribution in [2.45, 2.75) is 31.9 Å². The van der Waals surface area contributed by atoms with Crippen molar-refractivity contribution < 1.29 is 23.5 Å². The summed E-state index contributed by atoms with van der Waals surface area (Å²) in [5.41, 5.74) is -0.225. The fraction of sp³-hybridized carbons (Fsp3) is 0.429. The molecule has 0 radical (unpaired) electrons. The van der Waals surface area contributed by atoms with Gasteiger partial charge in [-0.05, 0) is 31.9 Å². The molecule has 6 heteroatoms. The number of benzene rings is 1. The number of carbonyl (C=O) groups is 2. The number of hydrogen-bond donors (Lipinski definition) is 1. The van der Waals surface area contributed by atoms with Crippen LogP contribution in [-0.4, -0.2) is 31.1 Å². The second-order valence-corrected chi connectivity index (χ2v) is 4.68. The zero-order valence-corrected chi connectivity index (χ0v) is 11.3. The van der Waals surface area contributed by atoms with E-state index < -0.39 is 17.9 Å². The molecule has 0 unspecified atom stereocenters. The Morgan fingerprint density at radius 1 is 1.40 bits per heavy atom. The standard InChI is InChI=1S/C14H16FNO4/c1-8(13(17)16-9-3-4-9)20-14(18)11-6-5-10(19-2)7-12(11)15/h5-9H,3-4H2,1-2H3,(H,16,17)/t8-/m1/s1. The smallest absolute Gasteiger partial charge is 0.341 e. The highest BCUT2D eigenvalue weighted by Gasteiger charge is 2.27. The molecule has 20 heavy (non-hydrogen) atoms. The Morgan fingerprint density at radius 2 is 2.10 bits per heavy atom. The van der Waals surface area contributed by atoms with Crippen LogP contribution in [0.2, 0.25) is 0 Å². The van der Waals surface area contributed by atoms with Crippen molar-refractivity contribution in [3.8, 4) is 5.75 Å². The number of carbonyl (C=O) groups excluding carboxylic acids is 2. The molecule has 1 aliphatic carbocycles. The van der Waals surface area contributed by atoms with Crippen LogP contribution < -0.4 is 10.1 Å². The highest BCUT2D eigenvalue weighted by molar-refractivity contribution is 5.92. The lowest BCUT2D eigenvalue weighted by molar-refractivity contribution is -0.129. The van der Waals surface area contributed by atoms with Crippen molar-refractivity contribution in [3.05, 3.63) is 29.6 Å². The van der Waals surface area contributed by atoms with Crippen molar-refractivity contribution in [2.75, 3.05) is 7.11 Å². The van der Waals surface area contributed by atoms with Crippen LogP contribution in [0.5, 0.6) is 5.75 Å². The summed E-state index contributed by atoms with van der Waals surface area (Å²) in [6.45, 7) is 1.46. The van der Waals surface area contributed by atoms with Crippen molar-refractivity contribution >= 4 is 11.9 Å². The monoisotopic (exact) mass is 281 g/mol. The van der Waals surface area contributed by atoms with Crippen LogP contribution in [0.1, 0.15) is 30.1 Å². The molecule has 1 N–H and O–H groups in total. The fourth-order valence-electron chi connectivity index (χ4n) is 1.61. The van der Waals surface area contributed by atoms with E-state index >= 15 is 0 Å². The normalized spacial score (nSPS) is 15.3. The van der Waals surface area contributed by atoms with Crippen LogP contribution in [0.15, 0.2) is 18.2 Å². The minimum absolute atomic E-state index is 0.182.